The highest BCUT2D eigenvalue weighted by Gasteiger charge is 2.31. The summed E-state index contributed by atoms with van der Waals surface area (Å²) >= 11 is 0. The zero-order valence-electron chi connectivity index (χ0n) is 13.4. The van der Waals surface area contributed by atoms with Crippen molar-refractivity contribution in [1.82, 2.24) is 10.2 Å². The van der Waals surface area contributed by atoms with Crippen LogP contribution in [0.15, 0.2) is 18.2 Å². The molecule has 1 saturated heterocycles. The summed E-state index contributed by atoms with van der Waals surface area (Å²) in [7, 11) is 0. The van der Waals surface area contributed by atoms with Crippen LogP contribution in [0, 0.1) is 11.7 Å². The van der Waals surface area contributed by atoms with E-state index < -0.39 is 23.5 Å². The highest BCUT2D eigenvalue weighted by molar-refractivity contribution is 5.79. The lowest BCUT2D eigenvalue weighted by molar-refractivity contribution is -0.137. The molecular formula is C16H19F4N3O2. The van der Waals surface area contributed by atoms with Crippen molar-refractivity contribution in [1.29, 1.82) is 0 Å². The van der Waals surface area contributed by atoms with Gasteiger partial charge in [-0.2, -0.15) is 13.2 Å². The summed E-state index contributed by atoms with van der Waals surface area (Å²) in [5.41, 5.74) is 4.04. The van der Waals surface area contributed by atoms with Gasteiger partial charge in [0, 0.05) is 18.7 Å². The first-order chi connectivity index (χ1) is 11.7. The molecular weight excluding hydrogens is 342 g/mol. The molecule has 25 heavy (non-hydrogen) atoms. The summed E-state index contributed by atoms with van der Waals surface area (Å²) < 4.78 is 51.3. The molecule has 1 atom stereocenters. The summed E-state index contributed by atoms with van der Waals surface area (Å²) in [5, 5.41) is 2.54. The van der Waals surface area contributed by atoms with Gasteiger partial charge in [-0.1, -0.05) is 6.07 Å². The van der Waals surface area contributed by atoms with Gasteiger partial charge in [-0.05, 0) is 31.5 Å². The topological polar surface area (TPSA) is 75.4 Å². The van der Waals surface area contributed by atoms with Crippen molar-refractivity contribution in [3.63, 3.8) is 0 Å². The number of benzene rings is 1. The largest absolute Gasteiger partial charge is 0.416 e. The summed E-state index contributed by atoms with van der Waals surface area (Å²) in [6.07, 6.45) is -3.27. The van der Waals surface area contributed by atoms with E-state index in [-0.39, 0.29) is 30.5 Å². The lowest BCUT2D eigenvalue weighted by Crippen LogP contribution is -2.45. The number of amides is 2. The molecule has 1 aliphatic heterocycles. The highest BCUT2D eigenvalue weighted by Crippen LogP contribution is 2.30. The maximum absolute atomic E-state index is 13.8. The zero-order valence-corrected chi connectivity index (χ0v) is 13.4. The van der Waals surface area contributed by atoms with Crippen molar-refractivity contribution < 1.29 is 27.2 Å². The van der Waals surface area contributed by atoms with Gasteiger partial charge in [-0.25, -0.2) is 4.39 Å². The van der Waals surface area contributed by atoms with Crippen LogP contribution in [-0.4, -0.2) is 36.3 Å². The Morgan fingerprint density at radius 2 is 2.04 bits per heavy atom. The van der Waals surface area contributed by atoms with Gasteiger partial charge >= 0.3 is 6.18 Å². The molecule has 0 radical (unpaired) electrons. The third-order valence-electron chi connectivity index (χ3n) is 4.09. The van der Waals surface area contributed by atoms with Gasteiger partial charge in [0.05, 0.1) is 18.0 Å². The third kappa shape index (κ3) is 5.42. The maximum atomic E-state index is 13.8. The van der Waals surface area contributed by atoms with E-state index >= 15 is 0 Å². The molecule has 1 fully saturated rings. The minimum atomic E-state index is -4.62. The Morgan fingerprint density at radius 3 is 2.64 bits per heavy atom. The van der Waals surface area contributed by atoms with Gasteiger partial charge in [0.2, 0.25) is 11.8 Å². The Bertz CT molecular complexity index is 649. The number of hydrogen-bond acceptors (Lipinski definition) is 3. The van der Waals surface area contributed by atoms with Crippen LogP contribution >= 0.6 is 0 Å². The number of piperidine rings is 1. The molecule has 2 amide bonds. The average Bonchev–Trinajstić information content (AvgIpc) is 2.52. The molecule has 0 bridgehead atoms. The van der Waals surface area contributed by atoms with Crippen molar-refractivity contribution in [2.75, 3.05) is 19.6 Å². The van der Waals surface area contributed by atoms with Gasteiger partial charge in [-0.15, -0.1) is 0 Å². The number of rotatable bonds is 5. The van der Waals surface area contributed by atoms with Crippen molar-refractivity contribution in [3.05, 3.63) is 35.1 Å². The van der Waals surface area contributed by atoms with Gasteiger partial charge in [0.25, 0.3) is 0 Å². The van der Waals surface area contributed by atoms with E-state index in [0.717, 1.165) is 18.6 Å². The number of carbonyl (C=O) groups excluding carboxylic acids is 2. The van der Waals surface area contributed by atoms with E-state index in [2.05, 4.69) is 5.32 Å². The Hall–Kier alpha value is -2.16. The molecule has 1 aromatic rings. The van der Waals surface area contributed by atoms with Crippen molar-refractivity contribution >= 4 is 11.8 Å². The minimum absolute atomic E-state index is 0.0221. The molecule has 2 rings (SSSR count). The second-order valence-corrected chi connectivity index (χ2v) is 6.06. The Kier molecular flexibility index (Phi) is 5.99. The molecule has 1 unspecified atom stereocenters. The number of hydrogen-bond donors (Lipinski definition) is 2. The van der Waals surface area contributed by atoms with Crippen LogP contribution in [0.2, 0.25) is 0 Å². The number of nitrogens with two attached hydrogens (primary N) is 1. The van der Waals surface area contributed by atoms with Crippen LogP contribution in [0.25, 0.3) is 0 Å². The second-order valence-electron chi connectivity index (χ2n) is 6.06. The first-order valence-corrected chi connectivity index (χ1v) is 7.81. The highest BCUT2D eigenvalue weighted by atomic mass is 19.4. The number of carbonyl (C=O) groups is 2. The van der Waals surface area contributed by atoms with Crippen LogP contribution < -0.4 is 11.1 Å². The second kappa shape index (κ2) is 7.81. The molecule has 0 aliphatic carbocycles. The Balaban J connectivity index is 1.92. The van der Waals surface area contributed by atoms with Crippen molar-refractivity contribution in [2.45, 2.75) is 25.6 Å². The summed E-state index contributed by atoms with van der Waals surface area (Å²) in [6, 6.07) is 2.20. The number of nitrogens with one attached hydrogen (secondary N) is 1. The van der Waals surface area contributed by atoms with Gasteiger partial charge in [-0.3, -0.25) is 14.5 Å². The van der Waals surface area contributed by atoms with Gasteiger partial charge < -0.3 is 11.1 Å². The quantitative estimate of drug-likeness (QED) is 0.784. The smallest absolute Gasteiger partial charge is 0.369 e. The maximum Gasteiger partial charge on any atom is 0.416 e. The van der Waals surface area contributed by atoms with Crippen LogP contribution in [0.3, 0.4) is 0 Å². The summed E-state index contributed by atoms with van der Waals surface area (Å²) in [4.78, 5) is 24.9. The molecule has 3 N–H and O–H groups in total. The van der Waals surface area contributed by atoms with E-state index in [4.69, 9.17) is 5.73 Å². The van der Waals surface area contributed by atoms with E-state index in [0.29, 0.717) is 25.6 Å². The Labute approximate surface area is 142 Å². The molecule has 138 valence electrons. The van der Waals surface area contributed by atoms with Crippen LogP contribution in [0.4, 0.5) is 17.6 Å². The third-order valence-corrected chi connectivity index (χ3v) is 4.09. The van der Waals surface area contributed by atoms with Crippen LogP contribution in [0.5, 0.6) is 0 Å². The summed E-state index contributed by atoms with van der Waals surface area (Å²) in [6.45, 7) is 0.900. The van der Waals surface area contributed by atoms with Crippen molar-refractivity contribution in [2.24, 2.45) is 11.7 Å². The Morgan fingerprint density at radius 1 is 1.32 bits per heavy atom. The van der Waals surface area contributed by atoms with Gasteiger partial charge in [0.15, 0.2) is 0 Å². The number of primary amides is 1. The lowest BCUT2D eigenvalue weighted by Gasteiger charge is -2.31. The van der Waals surface area contributed by atoms with Crippen LogP contribution in [-0.2, 0) is 22.3 Å². The predicted molar refractivity (Wildman–Crippen MR) is 81.6 cm³/mol. The van der Waals surface area contributed by atoms with E-state index in [1.165, 1.54) is 0 Å². The van der Waals surface area contributed by atoms with Crippen molar-refractivity contribution in [3.8, 4) is 0 Å². The van der Waals surface area contributed by atoms with E-state index in [9.17, 15) is 27.2 Å². The molecule has 1 aromatic carbocycles. The first-order valence-electron chi connectivity index (χ1n) is 7.81. The van der Waals surface area contributed by atoms with E-state index in [1.54, 1.807) is 4.90 Å². The fraction of sp³-hybridized carbons (Fsp3) is 0.500. The first kappa shape index (κ1) is 19.2. The van der Waals surface area contributed by atoms with Gasteiger partial charge in [0.1, 0.15) is 5.82 Å². The molecule has 0 spiro atoms. The number of alkyl halides is 3. The fourth-order valence-electron chi connectivity index (χ4n) is 2.83. The normalized spacial score (nSPS) is 18.8. The number of halogens is 4. The lowest BCUT2D eigenvalue weighted by atomic mass is 9.97. The molecule has 9 heteroatoms. The predicted octanol–water partition coefficient (Wildman–Crippen LogP) is 1.66. The molecule has 0 aromatic heterocycles. The molecule has 5 nitrogen and oxygen atoms in total. The number of likely N-dealkylation sites (tertiary alicyclic amines) is 1. The molecule has 0 saturated carbocycles. The van der Waals surface area contributed by atoms with E-state index in [1.807, 2.05) is 0 Å². The molecule has 1 heterocycles. The SMILES string of the molecule is NC(=O)CN1CCCC(C(=O)NCc2ccc(C(F)(F)F)cc2F)C1. The molecule has 1 aliphatic rings. The number of nitrogens with zero attached hydrogens (tertiary/aromatic N) is 1. The van der Waals surface area contributed by atoms with Crippen LogP contribution in [0.1, 0.15) is 24.0 Å². The zero-order chi connectivity index (χ0) is 18.6. The fourth-order valence-corrected chi connectivity index (χ4v) is 2.83. The monoisotopic (exact) mass is 361 g/mol. The summed E-state index contributed by atoms with van der Waals surface area (Å²) in [5.74, 6) is -2.19. The standard InChI is InChI=1S/C16H19F4N3O2/c17-13-6-12(16(18,19)20)4-3-10(13)7-22-15(25)11-2-1-5-23(8-11)9-14(21)24/h3-4,6,11H,1-2,5,7-9H2,(H2,21,24)(H,22,25). The average molecular weight is 361 g/mol. The minimum Gasteiger partial charge on any atom is -0.369 e.